The Kier molecular flexibility index (Phi) is 3.46. The molecule has 1 atom stereocenters. The molecule has 1 heterocycles. The third kappa shape index (κ3) is 2.48. The highest BCUT2D eigenvalue weighted by Crippen LogP contribution is 2.28. The van der Waals surface area contributed by atoms with Crippen molar-refractivity contribution in [3.05, 3.63) is 44.9 Å². The van der Waals surface area contributed by atoms with Gasteiger partial charge in [0.15, 0.2) is 4.60 Å². The predicted octanol–water partition coefficient (Wildman–Crippen LogP) is 2.45. The lowest BCUT2D eigenvalue weighted by Crippen LogP contribution is -2.07. The molecule has 2 rings (SSSR count). The van der Waals surface area contributed by atoms with Crippen LogP contribution in [0.1, 0.15) is 17.4 Å². The Morgan fingerprint density at radius 3 is 2.71 bits per heavy atom. The molecule has 1 N–H and O–H groups in total. The van der Waals surface area contributed by atoms with E-state index in [0.29, 0.717) is 15.9 Å². The lowest BCUT2D eigenvalue weighted by molar-refractivity contribution is 0.208. The zero-order valence-corrected chi connectivity index (χ0v) is 11.1. The molecule has 1 aromatic heterocycles. The summed E-state index contributed by atoms with van der Waals surface area (Å²) < 4.78 is 15.0. The van der Waals surface area contributed by atoms with Crippen LogP contribution in [-0.2, 0) is 7.05 Å². The molecule has 0 aliphatic rings. The van der Waals surface area contributed by atoms with Crippen LogP contribution in [0.4, 0.5) is 4.39 Å². The fourth-order valence-corrected chi connectivity index (χ4v) is 2.29. The number of nitrogens with zero attached hydrogens (tertiary/aromatic N) is 3. The molecule has 7 heteroatoms. The minimum absolute atomic E-state index is 0.227. The molecule has 0 saturated carbocycles. The van der Waals surface area contributed by atoms with E-state index in [1.165, 1.54) is 22.9 Å². The van der Waals surface area contributed by atoms with Crippen molar-refractivity contribution in [1.29, 1.82) is 0 Å². The van der Waals surface area contributed by atoms with Gasteiger partial charge in [0.25, 0.3) is 0 Å². The Hall–Kier alpha value is -0.980. The molecule has 0 saturated heterocycles. The van der Waals surface area contributed by atoms with E-state index in [4.69, 9.17) is 11.6 Å². The van der Waals surface area contributed by atoms with Crippen LogP contribution in [0.25, 0.3) is 0 Å². The average molecular weight is 321 g/mol. The molecule has 17 heavy (non-hydrogen) atoms. The van der Waals surface area contributed by atoms with Gasteiger partial charge in [0.1, 0.15) is 17.6 Å². The molecule has 2 aromatic rings. The SMILES string of the molecule is Cn1nnc(Br)c1C(O)c1cc(F)cc(Cl)c1. The standard InChI is InChI=1S/C10H8BrClFN3O/c1-16-8(10(11)14-15-16)9(17)5-2-6(12)4-7(13)3-5/h2-4,9,17H,1H3. The second-order valence-electron chi connectivity index (χ2n) is 3.49. The number of aliphatic hydroxyl groups excluding tert-OH is 1. The van der Waals surface area contributed by atoms with Crippen molar-refractivity contribution >= 4 is 27.5 Å². The van der Waals surface area contributed by atoms with Crippen molar-refractivity contribution in [2.75, 3.05) is 0 Å². The Labute approximate surface area is 110 Å². The molecule has 0 fully saturated rings. The van der Waals surface area contributed by atoms with Crippen LogP contribution in [0.15, 0.2) is 22.8 Å². The lowest BCUT2D eigenvalue weighted by atomic mass is 10.1. The van der Waals surface area contributed by atoms with Crippen molar-refractivity contribution in [1.82, 2.24) is 15.0 Å². The third-order valence-corrected chi connectivity index (χ3v) is 3.07. The first kappa shape index (κ1) is 12.5. The normalized spacial score (nSPS) is 12.8. The molecule has 0 aliphatic carbocycles. The molecule has 0 spiro atoms. The van der Waals surface area contributed by atoms with E-state index in [2.05, 4.69) is 26.2 Å². The zero-order chi connectivity index (χ0) is 12.6. The molecule has 90 valence electrons. The van der Waals surface area contributed by atoms with Gasteiger partial charge in [-0.15, -0.1) is 5.10 Å². The van der Waals surface area contributed by atoms with Crippen LogP contribution in [0.5, 0.6) is 0 Å². The predicted molar refractivity (Wildman–Crippen MR) is 64.2 cm³/mol. The molecule has 0 amide bonds. The van der Waals surface area contributed by atoms with Crippen LogP contribution >= 0.6 is 27.5 Å². The van der Waals surface area contributed by atoms with Gasteiger partial charge in [-0.1, -0.05) is 16.8 Å². The number of benzene rings is 1. The summed E-state index contributed by atoms with van der Waals surface area (Å²) >= 11 is 8.91. The van der Waals surface area contributed by atoms with Gasteiger partial charge >= 0.3 is 0 Å². The number of aryl methyl sites for hydroxylation is 1. The van der Waals surface area contributed by atoms with E-state index in [-0.39, 0.29) is 5.02 Å². The maximum Gasteiger partial charge on any atom is 0.154 e. The quantitative estimate of drug-likeness (QED) is 0.925. The van der Waals surface area contributed by atoms with Crippen LogP contribution in [-0.4, -0.2) is 20.1 Å². The van der Waals surface area contributed by atoms with Crippen LogP contribution in [0.3, 0.4) is 0 Å². The van der Waals surface area contributed by atoms with Gasteiger partial charge in [0.2, 0.25) is 0 Å². The van der Waals surface area contributed by atoms with Gasteiger partial charge in [-0.05, 0) is 39.7 Å². The van der Waals surface area contributed by atoms with Crippen LogP contribution < -0.4 is 0 Å². The maximum absolute atomic E-state index is 13.2. The molecular formula is C10H8BrClFN3O. The first-order valence-electron chi connectivity index (χ1n) is 4.68. The van der Waals surface area contributed by atoms with E-state index >= 15 is 0 Å². The summed E-state index contributed by atoms with van der Waals surface area (Å²) in [7, 11) is 1.64. The number of aliphatic hydroxyl groups is 1. The number of halogens is 3. The van der Waals surface area contributed by atoms with Crippen molar-refractivity contribution in [3.63, 3.8) is 0 Å². The van der Waals surface area contributed by atoms with E-state index in [9.17, 15) is 9.50 Å². The van der Waals surface area contributed by atoms with Crippen molar-refractivity contribution in [2.24, 2.45) is 7.05 Å². The maximum atomic E-state index is 13.2. The van der Waals surface area contributed by atoms with Gasteiger partial charge in [0.05, 0.1) is 0 Å². The largest absolute Gasteiger partial charge is 0.382 e. The van der Waals surface area contributed by atoms with Gasteiger partial charge in [-0.2, -0.15) is 0 Å². The molecule has 0 aliphatic heterocycles. The summed E-state index contributed by atoms with van der Waals surface area (Å²) in [6.45, 7) is 0. The fourth-order valence-electron chi connectivity index (χ4n) is 1.52. The van der Waals surface area contributed by atoms with Crippen LogP contribution in [0, 0.1) is 5.82 Å². The van der Waals surface area contributed by atoms with Gasteiger partial charge in [0, 0.05) is 12.1 Å². The summed E-state index contributed by atoms with van der Waals surface area (Å²) in [6, 6.07) is 3.89. The number of rotatable bonds is 2. The summed E-state index contributed by atoms with van der Waals surface area (Å²) in [5.41, 5.74) is 0.785. The summed E-state index contributed by atoms with van der Waals surface area (Å²) in [5.74, 6) is -0.502. The fraction of sp³-hybridized carbons (Fsp3) is 0.200. The van der Waals surface area contributed by atoms with Crippen molar-refractivity contribution in [2.45, 2.75) is 6.10 Å². The zero-order valence-electron chi connectivity index (χ0n) is 8.73. The first-order valence-corrected chi connectivity index (χ1v) is 5.85. The van der Waals surface area contributed by atoms with Gasteiger partial charge < -0.3 is 5.11 Å². The Bertz CT molecular complexity index is 521. The van der Waals surface area contributed by atoms with Gasteiger partial charge in [-0.25, -0.2) is 9.07 Å². The number of hydrogen-bond donors (Lipinski definition) is 1. The minimum Gasteiger partial charge on any atom is -0.382 e. The lowest BCUT2D eigenvalue weighted by Gasteiger charge is -2.11. The third-order valence-electron chi connectivity index (χ3n) is 2.29. The smallest absolute Gasteiger partial charge is 0.154 e. The Morgan fingerprint density at radius 1 is 1.47 bits per heavy atom. The monoisotopic (exact) mass is 319 g/mol. The molecular weight excluding hydrogens is 312 g/mol. The van der Waals surface area contributed by atoms with E-state index < -0.39 is 11.9 Å². The molecule has 1 aromatic carbocycles. The molecule has 0 radical (unpaired) electrons. The Balaban J connectivity index is 2.47. The highest BCUT2D eigenvalue weighted by Gasteiger charge is 2.20. The second kappa shape index (κ2) is 4.72. The van der Waals surface area contributed by atoms with Crippen molar-refractivity contribution in [3.8, 4) is 0 Å². The topological polar surface area (TPSA) is 50.9 Å². The highest BCUT2D eigenvalue weighted by atomic mass is 79.9. The van der Waals surface area contributed by atoms with Gasteiger partial charge in [-0.3, -0.25) is 0 Å². The van der Waals surface area contributed by atoms with E-state index in [1.807, 2.05) is 0 Å². The molecule has 0 bridgehead atoms. The summed E-state index contributed by atoms with van der Waals surface area (Å²) in [4.78, 5) is 0. The summed E-state index contributed by atoms with van der Waals surface area (Å²) in [5, 5.41) is 17.9. The van der Waals surface area contributed by atoms with Crippen LogP contribution in [0.2, 0.25) is 5.02 Å². The minimum atomic E-state index is -1.04. The molecule has 4 nitrogen and oxygen atoms in total. The Morgan fingerprint density at radius 2 is 2.18 bits per heavy atom. The van der Waals surface area contributed by atoms with Crippen molar-refractivity contribution < 1.29 is 9.50 Å². The number of hydrogen-bond acceptors (Lipinski definition) is 3. The summed E-state index contributed by atoms with van der Waals surface area (Å²) in [6.07, 6.45) is -1.04. The second-order valence-corrected chi connectivity index (χ2v) is 4.68. The first-order chi connectivity index (χ1) is 7.99. The average Bonchev–Trinajstić information content (AvgIpc) is 2.56. The molecule has 1 unspecified atom stereocenters. The highest BCUT2D eigenvalue weighted by molar-refractivity contribution is 9.10. The number of aromatic nitrogens is 3. The van der Waals surface area contributed by atoms with E-state index in [1.54, 1.807) is 7.05 Å². The van der Waals surface area contributed by atoms with E-state index in [0.717, 1.165) is 0 Å².